The lowest BCUT2D eigenvalue weighted by molar-refractivity contribution is -0.140. The molecule has 1 fully saturated rings. The number of hydrogen-bond donors (Lipinski definition) is 2. The van der Waals surface area contributed by atoms with Gasteiger partial charge in [-0.15, -0.1) is 0 Å². The van der Waals surface area contributed by atoms with Crippen LogP contribution in [0, 0.1) is 5.92 Å². The van der Waals surface area contributed by atoms with Crippen LogP contribution in [0.2, 0.25) is 0 Å². The van der Waals surface area contributed by atoms with E-state index < -0.39 is 0 Å². The lowest BCUT2D eigenvalue weighted by Crippen LogP contribution is -2.34. The summed E-state index contributed by atoms with van der Waals surface area (Å²) in [6.07, 6.45) is 3.59. The van der Waals surface area contributed by atoms with Crippen molar-refractivity contribution in [1.82, 2.24) is 4.98 Å². The van der Waals surface area contributed by atoms with Gasteiger partial charge in [0, 0.05) is 12.6 Å². The zero-order valence-electron chi connectivity index (χ0n) is 20.5. The van der Waals surface area contributed by atoms with E-state index in [9.17, 15) is 4.79 Å². The van der Waals surface area contributed by atoms with E-state index in [1.165, 1.54) is 7.11 Å². The second-order valence-corrected chi connectivity index (χ2v) is 9.59. The van der Waals surface area contributed by atoms with Gasteiger partial charge in [-0.25, -0.2) is 0 Å². The fourth-order valence-corrected chi connectivity index (χ4v) is 4.51. The summed E-state index contributed by atoms with van der Waals surface area (Å²) in [4.78, 5) is 16.4. The predicted molar refractivity (Wildman–Crippen MR) is 135 cm³/mol. The molecule has 1 saturated heterocycles. The standard InChI is InChI=1S/C27H35N3O4/c1-17(2)13-21-16-20(11-12-33-21)28-22-10-9-19(18(3)14-26(31)32-4)15-24(22)30-27-29-23-7-5-6-8-25(23)34-27/h5-10,15,17-18,20-21,28H,11-14,16H2,1-4H3,(H,29,30). The molecule has 2 heterocycles. The quantitative estimate of drug-likeness (QED) is 0.362. The molecule has 2 N–H and O–H groups in total. The largest absolute Gasteiger partial charge is 0.469 e. The molecule has 3 aromatic rings. The van der Waals surface area contributed by atoms with Gasteiger partial charge in [0.25, 0.3) is 6.01 Å². The first-order valence-corrected chi connectivity index (χ1v) is 12.1. The molecule has 3 unspecified atom stereocenters. The highest BCUT2D eigenvalue weighted by Gasteiger charge is 2.24. The lowest BCUT2D eigenvalue weighted by atomic mass is 9.95. The number of nitrogens with one attached hydrogen (secondary N) is 2. The van der Waals surface area contributed by atoms with Crippen LogP contribution in [-0.4, -0.2) is 36.8 Å². The number of nitrogens with zero attached hydrogens (tertiary/aromatic N) is 1. The fourth-order valence-electron chi connectivity index (χ4n) is 4.51. The number of hydrogen-bond acceptors (Lipinski definition) is 7. The van der Waals surface area contributed by atoms with E-state index in [-0.39, 0.29) is 18.0 Å². The molecule has 2 aromatic carbocycles. The van der Waals surface area contributed by atoms with Crippen LogP contribution >= 0.6 is 0 Å². The molecule has 34 heavy (non-hydrogen) atoms. The summed E-state index contributed by atoms with van der Waals surface area (Å²) >= 11 is 0. The molecule has 0 amide bonds. The Kier molecular flexibility index (Phi) is 7.73. The van der Waals surface area contributed by atoms with E-state index >= 15 is 0 Å². The topological polar surface area (TPSA) is 85.6 Å². The molecule has 0 saturated carbocycles. The van der Waals surface area contributed by atoms with Crippen LogP contribution in [0.1, 0.15) is 57.9 Å². The van der Waals surface area contributed by atoms with Gasteiger partial charge in [-0.05, 0) is 60.9 Å². The van der Waals surface area contributed by atoms with Gasteiger partial charge < -0.3 is 24.5 Å². The molecule has 182 valence electrons. The number of oxazole rings is 1. The number of ether oxygens (including phenoxy) is 2. The highest BCUT2D eigenvalue weighted by molar-refractivity contribution is 5.78. The summed E-state index contributed by atoms with van der Waals surface area (Å²) in [5.74, 6) is 0.404. The second-order valence-electron chi connectivity index (χ2n) is 9.59. The molecule has 0 bridgehead atoms. The smallest absolute Gasteiger partial charge is 0.306 e. The molecule has 1 aliphatic heterocycles. The maximum absolute atomic E-state index is 11.8. The van der Waals surface area contributed by atoms with Crippen LogP contribution in [0.25, 0.3) is 11.1 Å². The number of para-hydroxylation sites is 2. The summed E-state index contributed by atoms with van der Waals surface area (Å²) in [6, 6.07) is 14.7. The van der Waals surface area contributed by atoms with Crippen LogP contribution in [0.3, 0.4) is 0 Å². The zero-order chi connectivity index (χ0) is 24.1. The Hall–Kier alpha value is -3.06. The van der Waals surface area contributed by atoms with Crippen LogP contribution < -0.4 is 10.6 Å². The average molecular weight is 466 g/mol. The first-order valence-electron chi connectivity index (χ1n) is 12.1. The molecule has 0 radical (unpaired) electrons. The highest BCUT2D eigenvalue weighted by atomic mass is 16.5. The van der Waals surface area contributed by atoms with Gasteiger partial charge in [-0.2, -0.15) is 4.98 Å². The van der Waals surface area contributed by atoms with E-state index in [1.807, 2.05) is 31.2 Å². The number of esters is 1. The van der Waals surface area contributed by atoms with Crippen molar-refractivity contribution in [3.05, 3.63) is 48.0 Å². The molecule has 0 spiro atoms. The van der Waals surface area contributed by atoms with E-state index in [0.29, 0.717) is 24.4 Å². The third-order valence-electron chi connectivity index (χ3n) is 6.31. The minimum atomic E-state index is -0.221. The van der Waals surface area contributed by atoms with Gasteiger partial charge in [0.05, 0.1) is 31.0 Å². The number of carbonyl (C=O) groups excluding carboxylic acids is 1. The molecule has 3 atom stereocenters. The van der Waals surface area contributed by atoms with Gasteiger partial charge >= 0.3 is 5.97 Å². The number of carbonyl (C=O) groups is 1. The van der Waals surface area contributed by atoms with Crippen LogP contribution in [0.5, 0.6) is 0 Å². The van der Waals surface area contributed by atoms with E-state index in [0.717, 1.165) is 53.9 Å². The minimum absolute atomic E-state index is 0.0178. The molecule has 7 heteroatoms. The van der Waals surface area contributed by atoms with Crippen molar-refractivity contribution in [2.24, 2.45) is 5.92 Å². The molecule has 4 rings (SSSR count). The minimum Gasteiger partial charge on any atom is -0.469 e. The molecule has 7 nitrogen and oxygen atoms in total. The molecule has 0 aliphatic carbocycles. The maximum Gasteiger partial charge on any atom is 0.306 e. The van der Waals surface area contributed by atoms with Crippen molar-refractivity contribution >= 4 is 34.5 Å². The number of methoxy groups -OCH3 is 1. The normalized spacial score (nSPS) is 19.2. The Morgan fingerprint density at radius 3 is 2.76 bits per heavy atom. The number of benzene rings is 2. The van der Waals surface area contributed by atoms with Gasteiger partial charge in [0.2, 0.25) is 0 Å². The summed E-state index contributed by atoms with van der Waals surface area (Å²) in [6.45, 7) is 7.25. The summed E-state index contributed by atoms with van der Waals surface area (Å²) in [7, 11) is 1.42. The summed E-state index contributed by atoms with van der Waals surface area (Å²) in [5.41, 5.74) is 4.42. The van der Waals surface area contributed by atoms with Crippen molar-refractivity contribution in [2.75, 3.05) is 24.4 Å². The van der Waals surface area contributed by atoms with Gasteiger partial charge in [-0.1, -0.05) is 39.0 Å². The Bertz CT molecular complexity index is 1080. The van der Waals surface area contributed by atoms with E-state index in [1.54, 1.807) is 0 Å². The molecule has 1 aliphatic rings. The van der Waals surface area contributed by atoms with Crippen LogP contribution in [0.15, 0.2) is 46.9 Å². The van der Waals surface area contributed by atoms with E-state index in [2.05, 4.69) is 47.7 Å². The van der Waals surface area contributed by atoms with E-state index in [4.69, 9.17) is 13.9 Å². The second kappa shape index (κ2) is 10.9. The number of anilines is 3. The van der Waals surface area contributed by atoms with Crippen molar-refractivity contribution in [3.8, 4) is 0 Å². The Morgan fingerprint density at radius 2 is 2.00 bits per heavy atom. The number of aromatic nitrogens is 1. The average Bonchev–Trinajstić information content (AvgIpc) is 3.22. The Morgan fingerprint density at radius 1 is 1.18 bits per heavy atom. The van der Waals surface area contributed by atoms with Gasteiger partial charge in [0.1, 0.15) is 5.52 Å². The predicted octanol–water partition coefficient (Wildman–Crippen LogP) is 6.24. The SMILES string of the molecule is COC(=O)CC(C)c1ccc(NC2CCOC(CC(C)C)C2)c(Nc2nc3ccccc3o2)c1. The fraction of sp³-hybridized carbons (Fsp3) is 0.481. The first kappa shape index (κ1) is 24.1. The number of fused-ring (bicyclic) bond motifs is 1. The van der Waals surface area contributed by atoms with Crippen LogP contribution in [-0.2, 0) is 14.3 Å². The number of rotatable bonds is 9. The monoisotopic (exact) mass is 465 g/mol. The van der Waals surface area contributed by atoms with Crippen molar-refractivity contribution < 1.29 is 18.7 Å². The van der Waals surface area contributed by atoms with Gasteiger partial charge in [-0.3, -0.25) is 4.79 Å². The first-order chi connectivity index (χ1) is 16.4. The van der Waals surface area contributed by atoms with Crippen molar-refractivity contribution in [3.63, 3.8) is 0 Å². The summed E-state index contributed by atoms with van der Waals surface area (Å²) in [5, 5.41) is 7.09. The third kappa shape index (κ3) is 6.08. The zero-order valence-corrected chi connectivity index (χ0v) is 20.5. The molecular weight excluding hydrogens is 430 g/mol. The molecule has 1 aromatic heterocycles. The Labute approximate surface area is 201 Å². The van der Waals surface area contributed by atoms with Crippen LogP contribution in [0.4, 0.5) is 17.4 Å². The Balaban J connectivity index is 1.58. The van der Waals surface area contributed by atoms with Crippen molar-refractivity contribution in [1.29, 1.82) is 0 Å². The lowest BCUT2D eigenvalue weighted by Gasteiger charge is -2.32. The molecular formula is C27H35N3O4. The van der Waals surface area contributed by atoms with Gasteiger partial charge in [0.15, 0.2) is 5.58 Å². The highest BCUT2D eigenvalue weighted by Crippen LogP contribution is 2.33. The third-order valence-corrected chi connectivity index (χ3v) is 6.31. The van der Waals surface area contributed by atoms with Crippen molar-refractivity contribution in [2.45, 2.75) is 64.5 Å². The maximum atomic E-state index is 11.8. The summed E-state index contributed by atoms with van der Waals surface area (Å²) < 4.78 is 16.8.